The number of methoxy groups -OCH3 is 1. The van der Waals surface area contributed by atoms with Crippen molar-refractivity contribution in [2.24, 2.45) is 0 Å². The van der Waals surface area contributed by atoms with Gasteiger partial charge in [0.15, 0.2) is 0 Å². The van der Waals surface area contributed by atoms with E-state index < -0.39 is 21.5 Å². The molecule has 0 bridgehead atoms. The van der Waals surface area contributed by atoms with Crippen molar-refractivity contribution in [2.45, 2.75) is 24.3 Å². The van der Waals surface area contributed by atoms with Gasteiger partial charge in [-0.1, -0.05) is 23.2 Å². The van der Waals surface area contributed by atoms with Gasteiger partial charge in [-0.15, -0.1) is 0 Å². The maximum absolute atomic E-state index is 12.1. The summed E-state index contributed by atoms with van der Waals surface area (Å²) in [5.41, 5.74) is -1.42. The third-order valence-corrected chi connectivity index (χ3v) is 4.48. The number of ether oxygens (including phenoxy) is 1. The van der Waals surface area contributed by atoms with Crippen LogP contribution in [0.15, 0.2) is 17.2 Å². The van der Waals surface area contributed by atoms with Crippen molar-refractivity contribution in [2.75, 3.05) is 7.11 Å². The number of carbonyl (C=O) groups is 1. The first-order chi connectivity index (χ1) is 8.60. The monoisotopic (exact) mass is 326 g/mol. The molecule has 1 aromatic heterocycles. The molecule has 0 spiro atoms. The number of carbonyl (C=O) groups excluding carboxylic acids is 1. The number of nitrogens with zero attached hydrogens (tertiary/aromatic N) is 1. The molecule has 106 valence electrons. The molecule has 0 fully saturated rings. The minimum atomic E-state index is -3.97. The van der Waals surface area contributed by atoms with Crippen molar-refractivity contribution in [1.29, 1.82) is 0 Å². The fraction of sp³-hybridized carbons (Fsp3) is 0.400. The first kappa shape index (κ1) is 16.2. The lowest BCUT2D eigenvalue weighted by molar-refractivity contribution is -0.146. The summed E-state index contributed by atoms with van der Waals surface area (Å²) in [4.78, 5) is 14.9. The fourth-order valence-corrected chi connectivity index (χ4v) is 2.91. The van der Waals surface area contributed by atoms with E-state index in [1.807, 2.05) is 0 Å². The Hall–Kier alpha value is -0.890. The molecular formula is C10H12Cl2N2O4S. The standard InChI is InChI=1S/C10H12Cl2N2O4S/c1-10(2,9(15)18-3)14-19(16,17)6-4-7(11)8(12)13-5-6/h4-5,14H,1-3H3. The second-order valence-electron chi connectivity index (χ2n) is 4.17. The molecule has 0 radical (unpaired) electrons. The van der Waals surface area contributed by atoms with E-state index >= 15 is 0 Å². The lowest BCUT2D eigenvalue weighted by Gasteiger charge is -2.22. The zero-order valence-electron chi connectivity index (χ0n) is 10.4. The fourth-order valence-electron chi connectivity index (χ4n) is 1.24. The first-order valence-electron chi connectivity index (χ1n) is 5.03. The lowest BCUT2D eigenvalue weighted by Crippen LogP contribution is -2.50. The molecule has 0 aliphatic rings. The molecule has 0 aliphatic carbocycles. The van der Waals surface area contributed by atoms with Gasteiger partial charge in [0.2, 0.25) is 10.0 Å². The van der Waals surface area contributed by atoms with Gasteiger partial charge < -0.3 is 4.74 Å². The highest BCUT2D eigenvalue weighted by Crippen LogP contribution is 2.23. The molecule has 0 atom stereocenters. The lowest BCUT2D eigenvalue weighted by atomic mass is 10.1. The van der Waals surface area contributed by atoms with Crippen LogP contribution in [0.4, 0.5) is 0 Å². The van der Waals surface area contributed by atoms with E-state index in [-0.39, 0.29) is 15.1 Å². The van der Waals surface area contributed by atoms with Gasteiger partial charge in [-0.25, -0.2) is 13.4 Å². The van der Waals surface area contributed by atoms with Crippen molar-refractivity contribution in [3.05, 3.63) is 22.4 Å². The Morgan fingerprint density at radius 2 is 2.00 bits per heavy atom. The molecule has 1 aromatic rings. The van der Waals surface area contributed by atoms with E-state index in [0.29, 0.717) is 0 Å². The number of halogens is 2. The molecule has 9 heteroatoms. The number of rotatable bonds is 4. The summed E-state index contributed by atoms with van der Waals surface area (Å²) in [6, 6.07) is 1.15. The van der Waals surface area contributed by atoms with E-state index in [1.54, 1.807) is 0 Å². The summed E-state index contributed by atoms with van der Waals surface area (Å²) >= 11 is 11.3. The first-order valence-corrected chi connectivity index (χ1v) is 7.27. The summed E-state index contributed by atoms with van der Waals surface area (Å²) in [5.74, 6) is -0.718. The van der Waals surface area contributed by atoms with Crippen molar-refractivity contribution in [1.82, 2.24) is 9.71 Å². The normalized spacial score (nSPS) is 12.3. The van der Waals surface area contributed by atoms with Crippen LogP contribution in [0.25, 0.3) is 0 Å². The molecule has 1 N–H and O–H groups in total. The van der Waals surface area contributed by atoms with Gasteiger partial charge >= 0.3 is 5.97 Å². The Kier molecular flexibility index (Phi) is 4.78. The predicted molar refractivity (Wildman–Crippen MR) is 70.7 cm³/mol. The van der Waals surface area contributed by atoms with Crippen LogP contribution in [-0.4, -0.2) is 32.0 Å². The van der Waals surface area contributed by atoms with Gasteiger partial charge in [-0.05, 0) is 19.9 Å². The van der Waals surface area contributed by atoms with E-state index in [2.05, 4.69) is 14.4 Å². The minimum Gasteiger partial charge on any atom is -0.468 e. The summed E-state index contributed by atoms with van der Waals surface area (Å²) in [7, 11) is -2.80. The van der Waals surface area contributed by atoms with Gasteiger partial charge in [0, 0.05) is 6.20 Å². The second kappa shape index (κ2) is 5.62. The molecule has 0 unspecified atom stereocenters. The number of hydrogen-bond acceptors (Lipinski definition) is 5. The third kappa shape index (κ3) is 3.79. The van der Waals surface area contributed by atoms with Gasteiger partial charge in [0.05, 0.1) is 12.1 Å². The predicted octanol–water partition coefficient (Wildman–Crippen LogP) is 1.62. The summed E-state index contributed by atoms with van der Waals surface area (Å²) < 4.78 is 30.9. The van der Waals surface area contributed by atoms with Crippen molar-refractivity contribution < 1.29 is 17.9 Å². The van der Waals surface area contributed by atoms with Crippen molar-refractivity contribution in [3.8, 4) is 0 Å². The van der Waals surface area contributed by atoms with Gasteiger partial charge in [0.25, 0.3) is 0 Å². The molecule has 0 saturated carbocycles. The smallest absolute Gasteiger partial charge is 0.326 e. The maximum atomic E-state index is 12.1. The summed E-state index contributed by atoms with van der Waals surface area (Å²) in [6.07, 6.45) is 1.05. The maximum Gasteiger partial charge on any atom is 0.326 e. The molecule has 1 heterocycles. The zero-order chi connectivity index (χ0) is 14.8. The van der Waals surface area contributed by atoms with Crippen LogP contribution >= 0.6 is 23.2 Å². The van der Waals surface area contributed by atoms with E-state index in [1.165, 1.54) is 21.0 Å². The summed E-state index contributed by atoms with van der Waals surface area (Å²) in [5, 5.41) is -0.00624. The van der Waals surface area contributed by atoms with Crippen LogP contribution in [-0.2, 0) is 19.6 Å². The average molecular weight is 327 g/mol. The molecular weight excluding hydrogens is 315 g/mol. The zero-order valence-corrected chi connectivity index (χ0v) is 12.7. The highest BCUT2D eigenvalue weighted by molar-refractivity contribution is 7.89. The number of esters is 1. The second-order valence-corrected chi connectivity index (χ2v) is 6.61. The molecule has 1 rings (SSSR count). The average Bonchev–Trinajstić information content (AvgIpc) is 2.30. The number of pyridine rings is 1. The van der Waals surface area contributed by atoms with E-state index in [4.69, 9.17) is 23.2 Å². The van der Waals surface area contributed by atoms with Crippen molar-refractivity contribution >= 4 is 39.2 Å². The van der Waals surface area contributed by atoms with Crippen LogP contribution < -0.4 is 4.72 Å². The Morgan fingerprint density at radius 3 is 2.47 bits per heavy atom. The van der Waals surface area contributed by atoms with Gasteiger partial charge in [0.1, 0.15) is 15.6 Å². The van der Waals surface area contributed by atoms with Crippen LogP contribution in [0.2, 0.25) is 10.2 Å². The molecule has 0 amide bonds. The van der Waals surface area contributed by atoms with Crippen LogP contribution in [0, 0.1) is 0 Å². The van der Waals surface area contributed by atoms with Crippen molar-refractivity contribution in [3.63, 3.8) is 0 Å². The van der Waals surface area contributed by atoms with Crippen LogP contribution in [0.3, 0.4) is 0 Å². The largest absolute Gasteiger partial charge is 0.468 e. The Balaban J connectivity index is 3.11. The Morgan fingerprint density at radius 1 is 1.42 bits per heavy atom. The van der Waals surface area contributed by atoms with Crippen LogP contribution in [0.1, 0.15) is 13.8 Å². The molecule has 6 nitrogen and oxygen atoms in total. The molecule has 19 heavy (non-hydrogen) atoms. The van der Waals surface area contributed by atoms with Crippen LogP contribution in [0.5, 0.6) is 0 Å². The molecule has 0 aromatic carbocycles. The Bertz CT molecular complexity index is 602. The van der Waals surface area contributed by atoms with Gasteiger partial charge in [-0.2, -0.15) is 4.72 Å². The van der Waals surface area contributed by atoms with E-state index in [0.717, 1.165) is 12.3 Å². The quantitative estimate of drug-likeness (QED) is 0.671. The molecule has 0 aliphatic heterocycles. The number of sulfonamides is 1. The third-order valence-electron chi connectivity index (χ3n) is 2.17. The Labute approximate surface area is 121 Å². The minimum absolute atomic E-state index is 0.000385. The highest BCUT2D eigenvalue weighted by atomic mass is 35.5. The number of nitrogens with one attached hydrogen (secondary N) is 1. The number of hydrogen-bond donors (Lipinski definition) is 1. The van der Waals surface area contributed by atoms with Gasteiger partial charge in [-0.3, -0.25) is 4.79 Å². The SMILES string of the molecule is COC(=O)C(C)(C)NS(=O)(=O)c1cnc(Cl)c(Cl)c1. The molecule has 0 saturated heterocycles. The number of aromatic nitrogens is 1. The topological polar surface area (TPSA) is 85.4 Å². The highest BCUT2D eigenvalue weighted by Gasteiger charge is 2.34. The van der Waals surface area contributed by atoms with E-state index in [9.17, 15) is 13.2 Å². The summed E-state index contributed by atoms with van der Waals surface area (Å²) in [6.45, 7) is 2.75.